The summed E-state index contributed by atoms with van der Waals surface area (Å²) in [6, 6.07) is 8.46. The molecule has 1 unspecified atom stereocenters. The Bertz CT molecular complexity index is 971. The van der Waals surface area contributed by atoms with E-state index in [-0.39, 0.29) is 26.9 Å². The summed E-state index contributed by atoms with van der Waals surface area (Å²) < 4.78 is 0. The number of hydrogen-bond acceptors (Lipinski definition) is 3. The van der Waals surface area contributed by atoms with Crippen molar-refractivity contribution in [1.82, 2.24) is 0 Å². The van der Waals surface area contributed by atoms with Gasteiger partial charge in [-0.2, -0.15) is 12.6 Å². The van der Waals surface area contributed by atoms with E-state index in [1.54, 1.807) is 0 Å². The Balaban J connectivity index is 2.66. The van der Waals surface area contributed by atoms with E-state index in [1.807, 2.05) is 0 Å². The van der Waals surface area contributed by atoms with Crippen molar-refractivity contribution in [3.63, 3.8) is 0 Å². The van der Waals surface area contributed by atoms with Gasteiger partial charge in [-0.25, -0.2) is 0 Å². The van der Waals surface area contributed by atoms with E-state index in [0.29, 0.717) is 17.9 Å². The van der Waals surface area contributed by atoms with Crippen molar-refractivity contribution in [3.8, 4) is 11.5 Å². The summed E-state index contributed by atoms with van der Waals surface area (Å²) >= 11 is 5.05. The third-order valence-electron chi connectivity index (χ3n) is 6.37. The molecule has 0 aliphatic heterocycles. The Morgan fingerprint density at radius 1 is 0.636 bits per heavy atom. The van der Waals surface area contributed by atoms with Crippen molar-refractivity contribution < 1.29 is 10.2 Å². The molecule has 0 aliphatic carbocycles. The molecule has 2 rings (SSSR count). The van der Waals surface area contributed by atoms with Gasteiger partial charge < -0.3 is 10.2 Å². The fourth-order valence-corrected chi connectivity index (χ4v) is 4.91. The van der Waals surface area contributed by atoms with Crippen LogP contribution < -0.4 is 0 Å². The topological polar surface area (TPSA) is 40.5 Å². The lowest BCUT2D eigenvalue weighted by molar-refractivity contribution is 0.421. The zero-order chi connectivity index (χ0) is 25.7. The van der Waals surface area contributed by atoms with Gasteiger partial charge in [-0.3, -0.25) is 0 Å². The van der Waals surface area contributed by atoms with E-state index in [1.165, 1.54) is 0 Å². The molecule has 3 heteroatoms. The number of benzene rings is 2. The molecular formula is C30H46O2S. The van der Waals surface area contributed by atoms with E-state index < -0.39 is 0 Å². The lowest BCUT2D eigenvalue weighted by Crippen LogP contribution is -2.20. The van der Waals surface area contributed by atoms with Gasteiger partial charge in [-0.15, -0.1) is 0 Å². The zero-order valence-electron chi connectivity index (χ0n) is 22.9. The fraction of sp³-hybridized carbons (Fsp3) is 0.600. The van der Waals surface area contributed by atoms with Crippen LogP contribution in [-0.2, 0) is 28.1 Å². The third-order valence-corrected chi connectivity index (χ3v) is 6.85. The van der Waals surface area contributed by atoms with E-state index in [9.17, 15) is 10.2 Å². The van der Waals surface area contributed by atoms with Gasteiger partial charge >= 0.3 is 0 Å². The number of aromatic hydroxyl groups is 2. The molecule has 2 aromatic carbocycles. The maximum absolute atomic E-state index is 11.3. The molecule has 0 radical (unpaired) electrons. The highest BCUT2D eigenvalue weighted by molar-refractivity contribution is 7.80. The molecule has 0 saturated carbocycles. The maximum atomic E-state index is 11.3. The number of thiol groups is 1. The molecule has 0 saturated heterocycles. The highest BCUT2D eigenvalue weighted by Crippen LogP contribution is 2.45. The van der Waals surface area contributed by atoms with E-state index in [0.717, 1.165) is 33.4 Å². The van der Waals surface area contributed by atoms with E-state index in [2.05, 4.69) is 107 Å². The smallest absolute Gasteiger partial charge is 0.123 e. The average molecular weight is 471 g/mol. The highest BCUT2D eigenvalue weighted by Gasteiger charge is 2.30. The standard InChI is InChI=1S/C30H46O2S/c1-27(2,3)20-14-13-18(24(26(20)32)30(10,11)12)17-23(33)19-15-21(28(4,5)6)25(31)22(16-19)29(7,8)9/h13-16,23,31-33H,17H2,1-12H3. The molecule has 0 fully saturated rings. The lowest BCUT2D eigenvalue weighted by Gasteiger charge is -2.31. The quantitative estimate of drug-likeness (QED) is 0.393. The lowest BCUT2D eigenvalue weighted by atomic mass is 9.75. The predicted octanol–water partition coefficient (Wildman–Crippen LogP) is 8.50. The van der Waals surface area contributed by atoms with Gasteiger partial charge in [0.25, 0.3) is 0 Å². The predicted molar refractivity (Wildman–Crippen MR) is 146 cm³/mol. The molecule has 33 heavy (non-hydrogen) atoms. The van der Waals surface area contributed by atoms with Crippen LogP contribution in [0.15, 0.2) is 24.3 Å². The summed E-state index contributed by atoms with van der Waals surface area (Å²) in [5.74, 6) is 0.798. The van der Waals surface area contributed by atoms with Crippen LogP contribution in [-0.4, -0.2) is 10.2 Å². The molecule has 0 bridgehead atoms. The number of phenols is 2. The number of rotatable bonds is 3. The van der Waals surface area contributed by atoms with Crippen LogP contribution in [0.2, 0.25) is 0 Å². The van der Waals surface area contributed by atoms with Crippen LogP contribution in [0, 0.1) is 0 Å². The van der Waals surface area contributed by atoms with Crippen LogP contribution in [0.5, 0.6) is 11.5 Å². The highest BCUT2D eigenvalue weighted by atomic mass is 32.1. The van der Waals surface area contributed by atoms with Gasteiger partial charge in [0.15, 0.2) is 0 Å². The first-order valence-corrected chi connectivity index (χ1v) is 12.6. The molecule has 184 valence electrons. The summed E-state index contributed by atoms with van der Waals surface area (Å²) in [6.07, 6.45) is 0.700. The summed E-state index contributed by atoms with van der Waals surface area (Å²) in [7, 11) is 0. The van der Waals surface area contributed by atoms with Gasteiger partial charge in [0.2, 0.25) is 0 Å². The van der Waals surface area contributed by atoms with Crippen molar-refractivity contribution in [2.24, 2.45) is 0 Å². The molecule has 2 N–H and O–H groups in total. The Hall–Kier alpha value is -1.61. The summed E-state index contributed by atoms with van der Waals surface area (Å²) in [5, 5.41) is 22.3. The Labute approximate surface area is 208 Å². The fourth-order valence-electron chi connectivity index (χ4n) is 4.56. The molecule has 0 heterocycles. The largest absolute Gasteiger partial charge is 0.507 e. The second-order valence-electron chi connectivity index (χ2n) is 13.7. The van der Waals surface area contributed by atoms with Gasteiger partial charge in [0, 0.05) is 10.8 Å². The van der Waals surface area contributed by atoms with Crippen molar-refractivity contribution in [1.29, 1.82) is 0 Å². The van der Waals surface area contributed by atoms with Crippen LogP contribution in [0.3, 0.4) is 0 Å². The number of phenolic OH excluding ortho intramolecular Hbond substituents is 2. The second kappa shape index (κ2) is 8.87. The SMILES string of the molecule is CC(C)(C)c1cc(C(S)Cc2ccc(C(C)(C)C)c(O)c2C(C)(C)C)cc(C(C)(C)C)c1O. The summed E-state index contributed by atoms with van der Waals surface area (Å²) in [5.41, 5.74) is 5.40. The van der Waals surface area contributed by atoms with Crippen LogP contribution in [0.4, 0.5) is 0 Å². The minimum atomic E-state index is -0.198. The molecule has 2 aromatic rings. The molecule has 0 aliphatic rings. The molecular weight excluding hydrogens is 424 g/mol. The summed E-state index contributed by atoms with van der Waals surface area (Å²) in [4.78, 5) is 0. The van der Waals surface area contributed by atoms with E-state index >= 15 is 0 Å². The van der Waals surface area contributed by atoms with Crippen LogP contribution in [0.25, 0.3) is 0 Å². The molecule has 0 aromatic heterocycles. The van der Waals surface area contributed by atoms with Gasteiger partial charge in [-0.05, 0) is 55.9 Å². The molecule has 2 nitrogen and oxygen atoms in total. The van der Waals surface area contributed by atoms with Gasteiger partial charge in [0.1, 0.15) is 11.5 Å². The second-order valence-corrected chi connectivity index (χ2v) is 14.3. The Morgan fingerprint density at radius 2 is 1.06 bits per heavy atom. The van der Waals surface area contributed by atoms with Crippen molar-refractivity contribution in [3.05, 3.63) is 57.6 Å². The minimum Gasteiger partial charge on any atom is -0.507 e. The van der Waals surface area contributed by atoms with Crippen molar-refractivity contribution in [2.75, 3.05) is 0 Å². The number of hydrogen-bond donors (Lipinski definition) is 3. The minimum absolute atomic E-state index is 0.0613. The first-order chi connectivity index (χ1) is 14.7. The first-order valence-electron chi connectivity index (χ1n) is 12.1. The maximum Gasteiger partial charge on any atom is 0.123 e. The normalized spacial score (nSPS) is 14.5. The molecule has 1 atom stereocenters. The first kappa shape index (κ1) is 27.6. The van der Waals surface area contributed by atoms with E-state index in [4.69, 9.17) is 12.6 Å². The Morgan fingerprint density at radius 3 is 1.42 bits per heavy atom. The Kier molecular flexibility index (Phi) is 7.43. The zero-order valence-corrected chi connectivity index (χ0v) is 23.8. The third kappa shape index (κ3) is 6.10. The van der Waals surface area contributed by atoms with Gasteiger partial charge in [0.05, 0.1) is 0 Å². The van der Waals surface area contributed by atoms with Crippen molar-refractivity contribution in [2.45, 2.75) is 116 Å². The van der Waals surface area contributed by atoms with Gasteiger partial charge in [-0.1, -0.05) is 107 Å². The molecule has 0 spiro atoms. The van der Waals surface area contributed by atoms with Crippen molar-refractivity contribution >= 4 is 12.6 Å². The monoisotopic (exact) mass is 470 g/mol. The van der Waals surface area contributed by atoms with Crippen LogP contribution in [0.1, 0.15) is 122 Å². The van der Waals surface area contributed by atoms with Crippen LogP contribution >= 0.6 is 12.6 Å². The molecule has 0 amide bonds. The summed E-state index contributed by atoms with van der Waals surface area (Å²) in [6.45, 7) is 25.7. The average Bonchev–Trinajstić information content (AvgIpc) is 2.57.